The highest BCUT2D eigenvalue weighted by atomic mass is 16.5. The normalized spacial score (nSPS) is 11.7. The third kappa shape index (κ3) is 5.49. The fourth-order valence-electron chi connectivity index (χ4n) is 2.12. The largest absolute Gasteiger partial charge is 0.493 e. The molecule has 0 saturated carbocycles. The van der Waals surface area contributed by atoms with Crippen molar-refractivity contribution < 1.29 is 14.6 Å². The molecule has 4 heteroatoms. The third-order valence-electron chi connectivity index (χ3n) is 2.64. The van der Waals surface area contributed by atoms with Crippen LogP contribution < -0.4 is 9.47 Å². The first-order valence-electron chi connectivity index (χ1n) is 6.56. The topological polar surface area (TPSA) is 41.9 Å². The van der Waals surface area contributed by atoms with Gasteiger partial charge in [-0.1, -0.05) is 6.07 Å². The lowest BCUT2D eigenvalue weighted by molar-refractivity contribution is 0.0424. The van der Waals surface area contributed by atoms with Crippen LogP contribution in [0.4, 0.5) is 0 Å². The summed E-state index contributed by atoms with van der Waals surface area (Å²) < 4.78 is 10.8. The van der Waals surface area contributed by atoms with Crippen molar-refractivity contribution in [2.24, 2.45) is 0 Å². The zero-order valence-electron chi connectivity index (χ0n) is 12.6. The van der Waals surface area contributed by atoms with E-state index in [1.807, 2.05) is 46.0 Å². The molecule has 4 nitrogen and oxygen atoms in total. The summed E-state index contributed by atoms with van der Waals surface area (Å²) in [4.78, 5) is 2.08. The molecule has 1 rings (SSSR count). The van der Waals surface area contributed by atoms with E-state index in [4.69, 9.17) is 9.47 Å². The van der Waals surface area contributed by atoms with Crippen LogP contribution in [0.1, 0.15) is 26.3 Å². The van der Waals surface area contributed by atoms with Crippen molar-refractivity contribution >= 4 is 0 Å². The van der Waals surface area contributed by atoms with Crippen molar-refractivity contribution in [1.29, 1.82) is 0 Å². The zero-order chi connectivity index (χ0) is 14.5. The number of hydrogen-bond donors (Lipinski definition) is 1. The van der Waals surface area contributed by atoms with Crippen molar-refractivity contribution in [2.45, 2.75) is 32.9 Å². The Morgan fingerprint density at radius 3 is 2.47 bits per heavy atom. The van der Waals surface area contributed by atoms with E-state index in [-0.39, 0.29) is 0 Å². The van der Waals surface area contributed by atoms with E-state index < -0.39 is 5.60 Å². The molecule has 0 bridgehead atoms. The van der Waals surface area contributed by atoms with Crippen molar-refractivity contribution in [3.63, 3.8) is 0 Å². The summed E-state index contributed by atoms with van der Waals surface area (Å²) >= 11 is 0. The van der Waals surface area contributed by atoms with Gasteiger partial charge in [0.15, 0.2) is 11.5 Å². The fourth-order valence-corrected chi connectivity index (χ4v) is 2.12. The summed E-state index contributed by atoms with van der Waals surface area (Å²) in [6.07, 6.45) is 0. The molecule has 0 spiro atoms. The third-order valence-corrected chi connectivity index (χ3v) is 2.64. The molecule has 0 radical (unpaired) electrons. The van der Waals surface area contributed by atoms with E-state index in [1.165, 1.54) is 0 Å². The Morgan fingerprint density at radius 1 is 1.26 bits per heavy atom. The van der Waals surface area contributed by atoms with Crippen LogP contribution in [0, 0.1) is 0 Å². The van der Waals surface area contributed by atoms with E-state index in [0.29, 0.717) is 13.2 Å². The molecule has 19 heavy (non-hydrogen) atoms. The number of aliphatic hydroxyl groups is 1. The van der Waals surface area contributed by atoms with Gasteiger partial charge in [-0.05, 0) is 45.5 Å². The van der Waals surface area contributed by atoms with Gasteiger partial charge < -0.3 is 14.6 Å². The van der Waals surface area contributed by atoms with Crippen molar-refractivity contribution in [3.8, 4) is 11.5 Å². The van der Waals surface area contributed by atoms with Crippen LogP contribution in [0.5, 0.6) is 11.5 Å². The monoisotopic (exact) mass is 267 g/mol. The van der Waals surface area contributed by atoms with E-state index in [2.05, 4.69) is 4.90 Å². The minimum Gasteiger partial charge on any atom is -0.493 e. The molecule has 0 amide bonds. The lowest BCUT2D eigenvalue weighted by Crippen LogP contribution is -2.35. The summed E-state index contributed by atoms with van der Waals surface area (Å²) in [7, 11) is 3.63. The predicted molar refractivity (Wildman–Crippen MR) is 76.8 cm³/mol. The first kappa shape index (κ1) is 15.8. The first-order chi connectivity index (χ1) is 8.85. The molecule has 0 heterocycles. The molecule has 0 aliphatic heterocycles. The van der Waals surface area contributed by atoms with Gasteiger partial charge in [-0.2, -0.15) is 0 Å². The Kier molecular flexibility index (Phi) is 5.63. The van der Waals surface area contributed by atoms with Crippen LogP contribution in [-0.4, -0.2) is 42.9 Å². The van der Waals surface area contributed by atoms with Crippen LogP contribution in [0.15, 0.2) is 18.2 Å². The second-order valence-corrected chi connectivity index (χ2v) is 5.40. The quantitative estimate of drug-likeness (QED) is 0.823. The molecule has 0 aromatic heterocycles. The van der Waals surface area contributed by atoms with E-state index in [0.717, 1.165) is 23.6 Å². The lowest BCUT2D eigenvalue weighted by atomic mass is 10.1. The molecule has 0 saturated heterocycles. The minimum absolute atomic E-state index is 0.610. The second kappa shape index (κ2) is 6.78. The Bertz CT molecular complexity index is 399. The van der Waals surface area contributed by atoms with E-state index >= 15 is 0 Å². The van der Waals surface area contributed by atoms with Gasteiger partial charge in [0.2, 0.25) is 0 Å². The lowest BCUT2D eigenvalue weighted by Gasteiger charge is -2.25. The number of nitrogens with zero attached hydrogens (tertiary/aromatic N) is 1. The van der Waals surface area contributed by atoms with Crippen LogP contribution in [0.25, 0.3) is 0 Å². The smallest absolute Gasteiger partial charge is 0.161 e. The zero-order valence-corrected chi connectivity index (χ0v) is 12.6. The molecule has 0 aliphatic rings. The van der Waals surface area contributed by atoms with Gasteiger partial charge in [0, 0.05) is 13.1 Å². The number of ether oxygens (including phenoxy) is 2. The highest BCUT2D eigenvalue weighted by Crippen LogP contribution is 2.28. The van der Waals surface area contributed by atoms with Gasteiger partial charge >= 0.3 is 0 Å². The summed E-state index contributed by atoms with van der Waals surface area (Å²) in [5, 5.41) is 9.80. The molecule has 0 aliphatic carbocycles. The van der Waals surface area contributed by atoms with Crippen molar-refractivity contribution in [2.75, 3.05) is 27.3 Å². The molecule has 108 valence electrons. The Labute approximate surface area is 115 Å². The van der Waals surface area contributed by atoms with Crippen LogP contribution >= 0.6 is 0 Å². The van der Waals surface area contributed by atoms with Crippen LogP contribution in [0.2, 0.25) is 0 Å². The Balaban J connectivity index is 2.76. The molecular weight excluding hydrogens is 242 g/mol. The van der Waals surface area contributed by atoms with Gasteiger partial charge in [0.05, 0.1) is 19.3 Å². The van der Waals surface area contributed by atoms with Crippen LogP contribution in [-0.2, 0) is 6.54 Å². The molecule has 0 fully saturated rings. The highest BCUT2D eigenvalue weighted by Gasteiger charge is 2.16. The molecule has 1 aromatic carbocycles. The average Bonchev–Trinajstić information content (AvgIpc) is 2.27. The van der Waals surface area contributed by atoms with E-state index in [1.54, 1.807) is 7.11 Å². The molecular formula is C15H25NO3. The van der Waals surface area contributed by atoms with Gasteiger partial charge in [0.25, 0.3) is 0 Å². The fraction of sp³-hybridized carbons (Fsp3) is 0.600. The predicted octanol–water partition coefficient (Wildman–Crippen LogP) is 2.30. The molecule has 0 atom stereocenters. The van der Waals surface area contributed by atoms with Crippen molar-refractivity contribution in [1.82, 2.24) is 4.90 Å². The maximum absolute atomic E-state index is 9.80. The number of likely N-dealkylation sites (N-methyl/N-ethyl adjacent to an activating group) is 1. The number of rotatable bonds is 7. The first-order valence-corrected chi connectivity index (χ1v) is 6.56. The van der Waals surface area contributed by atoms with Gasteiger partial charge in [0.1, 0.15) is 0 Å². The number of benzene rings is 1. The number of methoxy groups -OCH3 is 1. The maximum Gasteiger partial charge on any atom is 0.161 e. The molecule has 1 aromatic rings. The molecule has 0 unspecified atom stereocenters. The summed E-state index contributed by atoms with van der Waals surface area (Å²) in [6.45, 7) is 7.55. The van der Waals surface area contributed by atoms with Gasteiger partial charge in [-0.15, -0.1) is 0 Å². The standard InChI is InChI=1S/C15H25NO3/c1-6-19-14-9-12(7-8-13(14)18-5)10-16(4)11-15(2,3)17/h7-9,17H,6,10-11H2,1-5H3. The van der Waals surface area contributed by atoms with E-state index in [9.17, 15) is 5.11 Å². The van der Waals surface area contributed by atoms with Crippen LogP contribution in [0.3, 0.4) is 0 Å². The minimum atomic E-state index is -0.691. The second-order valence-electron chi connectivity index (χ2n) is 5.40. The summed E-state index contributed by atoms with van der Waals surface area (Å²) in [5.74, 6) is 1.51. The highest BCUT2D eigenvalue weighted by molar-refractivity contribution is 5.42. The molecule has 1 N–H and O–H groups in total. The average molecular weight is 267 g/mol. The Hall–Kier alpha value is -1.26. The van der Waals surface area contributed by atoms with Gasteiger partial charge in [-0.3, -0.25) is 4.90 Å². The van der Waals surface area contributed by atoms with Gasteiger partial charge in [-0.25, -0.2) is 0 Å². The maximum atomic E-state index is 9.80. The number of hydrogen-bond acceptors (Lipinski definition) is 4. The summed E-state index contributed by atoms with van der Waals surface area (Å²) in [5.41, 5.74) is 0.445. The van der Waals surface area contributed by atoms with Crippen molar-refractivity contribution in [3.05, 3.63) is 23.8 Å². The Morgan fingerprint density at radius 2 is 1.95 bits per heavy atom. The summed E-state index contributed by atoms with van der Waals surface area (Å²) in [6, 6.07) is 5.92. The SMILES string of the molecule is CCOc1cc(CN(C)CC(C)(C)O)ccc1OC.